The Kier molecular flexibility index (Phi) is 4.15. The van der Waals surface area contributed by atoms with Gasteiger partial charge in [-0.3, -0.25) is 4.72 Å². The van der Waals surface area contributed by atoms with E-state index in [4.69, 9.17) is 16.7 Å². The van der Waals surface area contributed by atoms with Gasteiger partial charge in [-0.25, -0.2) is 17.6 Å². The van der Waals surface area contributed by atoms with Gasteiger partial charge in [-0.15, -0.1) is 0 Å². The predicted octanol–water partition coefficient (Wildman–Crippen LogP) is 2.98. The van der Waals surface area contributed by atoms with Gasteiger partial charge in [0.2, 0.25) is 0 Å². The molecule has 0 aliphatic rings. The summed E-state index contributed by atoms with van der Waals surface area (Å²) in [7, 11) is -4.13. The van der Waals surface area contributed by atoms with E-state index in [9.17, 15) is 17.6 Å². The largest absolute Gasteiger partial charge is 0.478 e. The minimum absolute atomic E-state index is 0.106. The fourth-order valence-electron chi connectivity index (χ4n) is 1.65. The van der Waals surface area contributed by atoms with Crippen LogP contribution < -0.4 is 4.72 Å². The molecule has 2 aromatic carbocycles. The molecule has 0 atom stereocenters. The minimum Gasteiger partial charge on any atom is -0.478 e. The van der Waals surface area contributed by atoms with E-state index in [2.05, 4.69) is 4.72 Å². The summed E-state index contributed by atoms with van der Waals surface area (Å²) < 4.78 is 39.5. The highest BCUT2D eigenvalue weighted by Crippen LogP contribution is 2.25. The van der Waals surface area contributed by atoms with E-state index in [1.54, 1.807) is 0 Å². The number of benzene rings is 2. The second-order valence-corrected chi connectivity index (χ2v) is 6.09. The van der Waals surface area contributed by atoms with Gasteiger partial charge in [-0.2, -0.15) is 0 Å². The molecule has 0 spiro atoms. The third-order valence-corrected chi connectivity index (χ3v) is 4.43. The van der Waals surface area contributed by atoms with Crippen LogP contribution in [-0.4, -0.2) is 19.5 Å². The van der Waals surface area contributed by atoms with Crippen LogP contribution in [0, 0.1) is 5.82 Å². The van der Waals surface area contributed by atoms with Crippen LogP contribution in [0.1, 0.15) is 10.4 Å². The molecule has 0 aliphatic heterocycles. The number of anilines is 1. The van der Waals surface area contributed by atoms with Crippen molar-refractivity contribution in [3.63, 3.8) is 0 Å². The van der Waals surface area contributed by atoms with Gasteiger partial charge in [0.25, 0.3) is 10.0 Å². The number of carboxylic acid groups (broad SMARTS) is 1. The SMILES string of the molecule is O=C(O)c1ccccc1NS(=O)(=O)c1ccc(F)cc1Cl. The first kappa shape index (κ1) is 15.3. The van der Waals surface area contributed by atoms with Crippen LogP contribution >= 0.6 is 11.6 Å². The minimum atomic E-state index is -4.13. The molecule has 2 N–H and O–H groups in total. The molecule has 21 heavy (non-hydrogen) atoms. The Morgan fingerprint density at radius 3 is 2.48 bits per heavy atom. The number of para-hydroxylation sites is 1. The second-order valence-electron chi connectivity index (χ2n) is 4.03. The third kappa shape index (κ3) is 3.32. The van der Waals surface area contributed by atoms with Gasteiger partial charge in [0.15, 0.2) is 0 Å². The predicted molar refractivity (Wildman–Crippen MR) is 75.6 cm³/mol. The Hall–Kier alpha value is -2.12. The summed E-state index contributed by atoms with van der Waals surface area (Å²) in [6, 6.07) is 8.32. The molecule has 0 radical (unpaired) electrons. The Bertz CT molecular complexity index is 808. The van der Waals surface area contributed by atoms with Gasteiger partial charge in [0, 0.05) is 0 Å². The maximum absolute atomic E-state index is 13.0. The quantitative estimate of drug-likeness (QED) is 0.903. The van der Waals surface area contributed by atoms with Gasteiger partial charge in [-0.1, -0.05) is 23.7 Å². The van der Waals surface area contributed by atoms with Crippen molar-refractivity contribution in [2.75, 3.05) is 4.72 Å². The molecule has 0 fully saturated rings. The maximum atomic E-state index is 13.0. The Balaban J connectivity index is 2.45. The monoisotopic (exact) mass is 329 g/mol. The fourth-order valence-corrected chi connectivity index (χ4v) is 3.26. The number of hydrogen-bond donors (Lipinski definition) is 2. The van der Waals surface area contributed by atoms with Crippen molar-refractivity contribution < 1.29 is 22.7 Å². The molecule has 0 heterocycles. The molecular formula is C13H9ClFNO4S. The first-order valence-corrected chi connectivity index (χ1v) is 7.47. The summed E-state index contributed by atoms with van der Waals surface area (Å²) >= 11 is 5.71. The molecule has 2 aromatic rings. The zero-order chi connectivity index (χ0) is 15.6. The molecule has 5 nitrogen and oxygen atoms in total. The Morgan fingerprint density at radius 2 is 1.86 bits per heavy atom. The highest BCUT2D eigenvalue weighted by Gasteiger charge is 2.21. The normalized spacial score (nSPS) is 11.1. The maximum Gasteiger partial charge on any atom is 0.337 e. The van der Waals surface area contributed by atoms with Crippen LogP contribution in [0.5, 0.6) is 0 Å². The third-order valence-electron chi connectivity index (χ3n) is 2.59. The summed E-state index contributed by atoms with van der Waals surface area (Å²) in [4.78, 5) is 10.7. The summed E-state index contributed by atoms with van der Waals surface area (Å²) in [5.41, 5.74) is -0.315. The van der Waals surface area contributed by atoms with E-state index in [1.807, 2.05) is 0 Å². The number of sulfonamides is 1. The summed E-state index contributed by atoms with van der Waals surface area (Å²) in [6.45, 7) is 0. The molecule has 0 aliphatic carbocycles. The topological polar surface area (TPSA) is 83.5 Å². The number of nitrogens with one attached hydrogen (secondary N) is 1. The number of hydrogen-bond acceptors (Lipinski definition) is 3. The number of aromatic carboxylic acids is 1. The van der Waals surface area contributed by atoms with Crippen molar-refractivity contribution in [2.24, 2.45) is 0 Å². The molecule has 8 heteroatoms. The molecule has 0 aromatic heterocycles. The molecule has 0 saturated heterocycles. The number of halogens is 2. The Morgan fingerprint density at radius 1 is 1.19 bits per heavy atom. The van der Waals surface area contributed by atoms with Crippen LogP contribution in [0.25, 0.3) is 0 Å². The molecular weight excluding hydrogens is 321 g/mol. The number of carboxylic acids is 1. The highest BCUT2D eigenvalue weighted by molar-refractivity contribution is 7.92. The summed E-state index contributed by atoms with van der Waals surface area (Å²) in [5, 5.41) is 8.72. The van der Waals surface area contributed by atoms with Crippen LogP contribution in [0.15, 0.2) is 47.4 Å². The van der Waals surface area contributed by atoms with E-state index in [0.29, 0.717) is 0 Å². The molecule has 110 valence electrons. The van der Waals surface area contributed by atoms with E-state index in [0.717, 1.165) is 18.2 Å². The van der Waals surface area contributed by atoms with Crippen LogP contribution in [-0.2, 0) is 10.0 Å². The first-order chi connectivity index (χ1) is 9.81. The lowest BCUT2D eigenvalue weighted by molar-refractivity contribution is 0.0698. The zero-order valence-corrected chi connectivity index (χ0v) is 12.0. The van der Waals surface area contributed by atoms with E-state index in [-0.39, 0.29) is 21.2 Å². The van der Waals surface area contributed by atoms with Gasteiger partial charge in [0.05, 0.1) is 16.3 Å². The van der Waals surface area contributed by atoms with Gasteiger partial charge in [-0.05, 0) is 30.3 Å². The first-order valence-electron chi connectivity index (χ1n) is 5.61. The van der Waals surface area contributed by atoms with Crippen molar-refractivity contribution in [3.05, 3.63) is 58.9 Å². The van der Waals surface area contributed by atoms with Gasteiger partial charge in [0.1, 0.15) is 10.7 Å². The van der Waals surface area contributed by atoms with Gasteiger partial charge < -0.3 is 5.11 Å². The summed E-state index contributed by atoms with van der Waals surface area (Å²) in [5.74, 6) is -1.96. The Labute approximate surface area is 125 Å². The standard InChI is InChI=1S/C13H9ClFNO4S/c14-10-7-8(15)5-6-12(10)21(19,20)16-11-4-2-1-3-9(11)13(17)18/h1-7,16H,(H,17,18). The number of rotatable bonds is 4. The lowest BCUT2D eigenvalue weighted by Crippen LogP contribution is -2.16. The second kappa shape index (κ2) is 5.71. The van der Waals surface area contributed by atoms with Crippen molar-refractivity contribution >= 4 is 33.3 Å². The summed E-state index contributed by atoms with van der Waals surface area (Å²) in [6.07, 6.45) is 0. The van der Waals surface area contributed by atoms with E-state index < -0.39 is 21.8 Å². The smallest absolute Gasteiger partial charge is 0.337 e. The van der Waals surface area contributed by atoms with Crippen LogP contribution in [0.2, 0.25) is 5.02 Å². The average molecular weight is 330 g/mol. The van der Waals surface area contributed by atoms with E-state index >= 15 is 0 Å². The lowest BCUT2D eigenvalue weighted by atomic mass is 10.2. The molecule has 0 amide bonds. The zero-order valence-electron chi connectivity index (χ0n) is 10.4. The van der Waals surface area contributed by atoms with E-state index in [1.165, 1.54) is 24.3 Å². The molecule has 0 saturated carbocycles. The number of carbonyl (C=O) groups is 1. The van der Waals surface area contributed by atoms with Crippen molar-refractivity contribution in [1.29, 1.82) is 0 Å². The molecule has 0 bridgehead atoms. The van der Waals surface area contributed by atoms with Crippen LogP contribution in [0.3, 0.4) is 0 Å². The van der Waals surface area contributed by atoms with Crippen molar-refractivity contribution in [3.8, 4) is 0 Å². The van der Waals surface area contributed by atoms with Gasteiger partial charge >= 0.3 is 5.97 Å². The highest BCUT2D eigenvalue weighted by atomic mass is 35.5. The fraction of sp³-hybridized carbons (Fsp3) is 0. The molecule has 0 unspecified atom stereocenters. The van der Waals surface area contributed by atoms with Crippen molar-refractivity contribution in [2.45, 2.75) is 4.90 Å². The van der Waals surface area contributed by atoms with Crippen LogP contribution in [0.4, 0.5) is 10.1 Å². The van der Waals surface area contributed by atoms with Crippen molar-refractivity contribution in [1.82, 2.24) is 0 Å². The average Bonchev–Trinajstić information content (AvgIpc) is 2.37. The molecule has 2 rings (SSSR count). The lowest BCUT2D eigenvalue weighted by Gasteiger charge is -2.11.